The summed E-state index contributed by atoms with van der Waals surface area (Å²) in [5.74, 6) is -0.422. The number of pyridine rings is 1. The number of rotatable bonds is 4. The van der Waals surface area contributed by atoms with E-state index < -0.39 is 28.8 Å². The highest BCUT2D eigenvalue weighted by atomic mass is 19.4. The summed E-state index contributed by atoms with van der Waals surface area (Å²) in [5, 5.41) is 14.4. The van der Waals surface area contributed by atoms with Gasteiger partial charge in [0.15, 0.2) is 17.2 Å². The van der Waals surface area contributed by atoms with E-state index in [1.54, 1.807) is 28.8 Å². The predicted molar refractivity (Wildman–Crippen MR) is 104 cm³/mol. The highest BCUT2D eigenvalue weighted by Crippen LogP contribution is 2.33. The van der Waals surface area contributed by atoms with Crippen molar-refractivity contribution >= 4 is 11.6 Å². The van der Waals surface area contributed by atoms with E-state index in [-0.39, 0.29) is 17.9 Å². The highest BCUT2D eigenvalue weighted by Gasteiger charge is 2.34. The molecule has 3 heterocycles. The summed E-state index contributed by atoms with van der Waals surface area (Å²) >= 11 is 0. The van der Waals surface area contributed by atoms with E-state index in [9.17, 15) is 22.8 Å². The van der Waals surface area contributed by atoms with Crippen molar-refractivity contribution in [3.63, 3.8) is 0 Å². The van der Waals surface area contributed by atoms with Crippen molar-refractivity contribution in [3.8, 4) is 5.69 Å². The van der Waals surface area contributed by atoms with Gasteiger partial charge in [-0.1, -0.05) is 18.2 Å². The summed E-state index contributed by atoms with van der Waals surface area (Å²) < 4.78 is 42.8. The Bertz CT molecular complexity index is 1340. The van der Waals surface area contributed by atoms with Gasteiger partial charge in [-0.05, 0) is 31.2 Å². The van der Waals surface area contributed by atoms with Gasteiger partial charge in [0.25, 0.3) is 5.91 Å². The molecule has 158 valence electrons. The van der Waals surface area contributed by atoms with Crippen LogP contribution < -0.4 is 10.7 Å². The number of nitrogens with one attached hydrogen (secondary N) is 1. The van der Waals surface area contributed by atoms with Gasteiger partial charge in [0.05, 0.1) is 17.8 Å². The normalized spacial score (nSPS) is 11.6. The van der Waals surface area contributed by atoms with Crippen molar-refractivity contribution in [2.75, 3.05) is 0 Å². The zero-order valence-corrected chi connectivity index (χ0v) is 16.1. The van der Waals surface area contributed by atoms with Crippen LogP contribution in [0.2, 0.25) is 0 Å². The molecule has 0 atom stereocenters. The molecule has 0 bridgehead atoms. The molecule has 0 aliphatic heterocycles. The molecule has 1 amide bonds. The number of nitrogens with zero attached hydrogens (tertiary/aromatic N) is 5. The van der Waals surface area contributed by atoms with E-state index in [2.05, 4.69) is 20.6 Å². The minimum atomic E-state index is -4.63. The molecule has 0 aliphatic rings. The van der Waals surface area contributed by atoms with E-state index in [1.165, 1.54) is 25.1 Å². The van der Waals surface area contributed by atoms with Crippen LogP contribution in [0.1, 0.15) is 27.6 Å². The molecule has 4 aromatic rings. The number of benzene rings is 1. The molecule has 0 spiro atoms. The first-order valence-electron chi connectivity index (χ1n) is 9.10. The Hall–Kier alpha value is -4.02. The van der Waals surface area contributed by atoms with Crippen LogP contribution in [0.3, 0.4) is 0 Å². The van der Waals surface area contributed by atoms with Gasteiger partial charge in [0.2, 0.25) is 5.43 Å². The summed E-state index contributed by atoms with van der Waals surface area (Å²) in [6.07, 6.45) is -2.92. The van der Waals surface area contributed by atoms with Crippen molar-refractivity contribution in [1.29, 1.82) is 0 Å². The van der Waals surface area contributed by atoms with Gasteiger partial charge in [0.1, 0.15) is 0 Å². The first kappa shape index (κ1) is 20.3. The fourth-order valence-corrected chi connectivity index (χ4v) is 3.10. The van der Waals surface area contributed by atoms with Crippen LogP contribution in [0.5, 0.6) is 0 Å². The van der Waals surface area contributed by atoms with Gasteiger partial charge in [-0.3, -0.25) is 14.0 Å². The number of carbonyl (C=O) groups excluding carboxylic acids is 1. The summed E-state index contributed by atoms with van der Waals surface area (Å²) in [7, 11) is 0. The molecule has 1 aromatic carbocycles. The number of fused-ring (bicyclic) bond motifs is 1. The molecular weight excluding hydrogens is 413 g/mol. The fourth-order valence-electron chi connectivity index (χ4n) is 3.10. The van der Waals surface area contributed by atoms with Crippen molar-refractivity contribution in [2.45, 2.75) is 19.6 Å². The minimum absolute atomic E-state index is 0.0574. The maximum Gasteiger partial charge on any atom is 0.418 e. The predicted octanol–water partition coefficient (Wildman–Crippen LogP) is 2.53. The third-order valence-electron chi connectivity index (χ3n) is 4.55. The average molecular weight is 428 g/mol. The molecule has 11 heteroatoms. The van der Waals surface area contributed by atoms with E-state index in [0.717, 1.165) is 16.8 Å². The Morgan fingerprint density at radius 2 is 1.84 bits per heavy atom. The lowest BCUT2D eigenvalue weighted by Gasteiger charge is -2.16. The number of alkyl halides is 3. The zero-order chi connectivity index (χ0) is 22.2. The topological polar surface area (TPSA) is 94.2 Å². The Labute approximate surface area is 173 Å². The fraction of sp³-hybridized carbons (Fsp3) is 0.150. The van der Waals surface area contributed by atoms with Crippen molar-refractivity contribution in [3.05, 3.63) is 87.7 Å². The maximum absolute atomic E-state index is 13.4. The molecular formula is C20H15F3N6O2. The molecule has 31 heavy (non-hydrogen) atoms. The number of halogens is 3. The van der Waals surface area contributed by atoms with Gasteiger partial charge in [-0.15, -0.1) is 10.2 Å². The van der Waals surface area contributed by atoms with Gasteiger partial charge in [-0.25, -0.2) is 4.68 Å². The van der Waals surface area contributed by atoms with Crippen molar-refractivity contribution in [1.82, 2.24) is 29.7 Å². The second kappa shape index (κ2) is 7.67. The van der Waals surface area contributed by atoms with Crippen LogP contribution in [-0.4, -0.2) is 30.3 Å². The molecule has 0 aliphatic carbocycles. The van der Waals surface area contributed by atoms with Crippen LogP contribution in [0.4, 0.5) is 13.2 Å². The Kier molecular flexibility index (Phi) is 5.01. The number of hydrogen-bond donors (Lipinski definition) is 1. The highest BCUT2D eigenvalue weighted by molar-refractivity contribution is 5.91. The molecule has 1 N–H and O–H groups in total. The molecule has 4 rings (SSSR count). The van der Waals surface area contributed by atoms with Crippen LogP contribution in [0.15, 0.2) is 59.5 Å². The smallest absolute Gasteiger partial charge is 0.343 e. The summed E-state index contributed by atoms with van der Waals surface area (Å²) in [6.45, 7) is 1.38. The molecule has 8 nitrogen and oxygen atoms in total. The molecule has 0 saturated heterocycles. The van der Waals surface area contributed by atoms with E-state index in [0.29, 0.717) is 11.5 Å². The Morgan fingerprint density at radius 3 is 2.61 bits per heavy atom. The third kappa shape index (κ3) is 3.89. The maximum atomic E-state index is 13.4. The van der Waals surface area contributed by atoms with Crippen LogP contribution in [0.25, 0.3) is 11.3 Å². The third-order valence-corrected chi connectivity index (χ3v) is 4.55. The molecule has 0 radical (unpaired) electrons. The number of aromatic nitrogens is 5. The summed E-state index contributed by atoms with van der Waals surface area (Å²) in [6, 6.07) is 11.1. The van der Waals surface area contributed by atoms with E-state index in [1.807, 2.05) is 0 Å². The second-order valence-electron chi connectivity index (χ2n) is 6.65. The monoisotopic (exact) mass is 428 g/mol. The molecule has 0 unspecified atom stereocenters. The Morgan fingerprint density at radius 1 is 1.10 bits per heavy atom. The molecule has 0 saturated carbocycles. The first-order chi connectivity index (χ1) is 14.8. The second-order valence-corrected chi connectivity index (χ2v) is 6.65. The van der Waals surface area contributed by atoms with Gasteiger partial charge in [0, 0.05) is 18.0 Å². The summed E-state index contributed by atoms with van der Waals surface area (Å²) in [4.78, 5) is 24.9. The average Bonchev–Trinajstić information content (AvgIpc) is 3.15. The zero-order valence-electron chi connectivity index (χ0n) is 16.1. The lowest BCUT2D eigenvalue weighted by molar-refractivity contribution is -0.137. The standard InChI is InChI=1S/C20H15F3N6O2/c1-12-10-15(30)18(27-29(12)14-7-3-2-6-13(14)20(21,22)23)19(31)24-11-17-26-25-16-8-4-5-9-28(16)17/h2-10H,11H2,1H3,(H,24,31). The van der Waals surface area contributed by atoms with Crippen LogP contribution in [0, 0.1) is 6.92 Å². The van der Waals surface area contributed by atoms with E-state index in [4.69, 9.17) is 0 Å². The number of aryl methyl sites for hydroxylation is 1. The number of para-hydroxylation sites is 1. The molecule has 3 aromatic heterocycles. The van der Waals surface area contributed by atoms with Gasteiger partial charge in [-0.2, -0.15) is 18.3 Å². The van der Waals surface area contributed by atoms with Crippen molar-refractivity contribution < 1.29 is 18.0 Å². The summed E-state index contributed by atoms with van der Waals surface area (Å²) in [5.41, 5.74) is -1.73. The van der Waals surface area contributed by atoms with Crippen molar-refractivity contribution in [2.24, 2.45) is 0 Å². The lowest BCUT2D eigenvalue weighted by atomic mass is 10.1. The lowest BCUT2D eigenvalue weighted by Crippen LogP contribution is -2.32. The van der Waals surface area contributed by atoms with Crippen LogP contribution >= 0.6 is 0 Å². The van der Waals surface area contributed by atoms with Gasteiger partial charge >= 0.3 is 6.18 Å². The number of carbonyl (C=O) groups is 1. The number of hydrogen-bond acceptors (Lipinski definition) is 5. The van der Waals surface area contributed by atoms with E-state index >= 15 is 0 Å². The molecule has 0 fully saturated rings. The van der Waals surface area contributed by atoms with Crippen LogP contribution in [-0.2, 0) is 12.7 Å². The first-order valence-corrected chi connectivity index (χ1v) is 9.10. The quantitative estimate of drug-likeness (QED) is 0.539. The Balaban J connectivity index is 1.67. The van der Waals surface area contributed by atoms with Gasteiger partial charge < -0.3 is 5.32 Å². The number of amides is 1. The minimum Gasteiger partial charge on any atom is -0.343 e. The SMILES string of the molecule is Cc1cc(=O)c(C(=O)NCc2nnc3ccccn23)nn1-c1ccccc1C(F)(F)F. The largest absolute Gasteiger partial charge is 0.418 e.